The summed E-state index contributed by atoms with van der Waals surface area (Å²) in [5, 5.41) is 7.87. The van der Waals surface area contributed by atoms with Gasteiger partial charge in [0.25, 0.3) is 11.4 Å². The van der Waals surface area contributed by atoms with Crippen LogP contribution in [0.5, 0.6) is 0 Å². The fourth-order valence-electron chi connectivity index (χ4n) is 3.26. The molecule has 1 aliphatic rings. The van der Waals surface area contributed by atoms with Crippen LogP contribution in [0, 0.1) is 0 Å². The van der Waals surface area contributed by atoms with Gasteiger partial charge in [-0.1, -0.05) is 5.16 Å². The quantitative estimate of drug-likeness (QED) is 0.696. The number of hydrogen-bond acceptors (Lipinski definition) is 7. The van der Waals surface area contributed by atoms with Crippen LogP contribution in [-0.4, -0.2) is 51.3 Å². The van der Waals surface area contributed by atoms with E-state index in [9.17, 15) is 9.59 Å². The third kappa shape index (κ3) is 2.74. The SMILES string of the molecule is CCn1c(=O)[nH]c2cc(-c3nc(C4CNCCN4C)no3)ccc2c1=O. The number of piperazine rings is 1. The number of rotatable bonds is 3. The van der Waals surface area contributed by atoms with Crippen molar-refractivity contribution >= 4 is 10.9 Å². The normalized spacial score (nSPS) is 18.5. The molecule has 0 radical (unpaired) electrons. The van der Waals surface area contributed by atoms with Gasteiger partial charge in [0, 0.05) is 31.7 Å². The Morgan fingerprint density at radius 3 is 2.96 bits per heavy atom. The van der Waals surface area contributed by atoms with Crippen LogP contribution in [0.15, 0.2) is 32.3 Å². The summed E-state index contributed by atoms with van der Waals surface area (Å²) in [7, 11) is 2.03. The van der Waals surface area contributed by atoms with Crippen LogP contribution in [-0.2, 0) is 6.54 Å². The van der Waals surface area contributed by atoms with Crippen molar-refractivity contribution in [2.75, 3.05) is 26.7 Å². The van der Waals surface area contributed by atoms with Crippen LogP contribution in [0.2, 0.25) is 0 Å². The van der Waals surface area contributed by atoms with Crippen molar-refractivity contribution < 1.29 is 4.52 Å². The average molecular weight is 356 g/mol. The monoisotopic (exact) mass is 356 g/mol. The Morgan fingerprint density at radius 2 is 2.19 bits per heavy atom. The first kappa shape index (κ1) is 16.7. The lowest BCUT2D eigenvalue weighted by atomic mass is 10.1. The number of benzene rings is 1. The summed E-state index contributed by atoms with van der Waals surface area (Å²) in [5.74, 6) is 0.978. The Labute approximate surface area is 148 Å². The third-order valence-corrected chi connectivity index (χ3v) is 4.80. The van der Waals surface area contributed by atoms with Crippen molar-refractivity contribution in [3.05, 3.63) is 44.9 Å². The molecule has 2 N–H and O–H groups in total. The molecule has 26 heavy (non-hydrogen) atoms. The predicted molar refractivity (Wildman–Crippen MR) is 96.0 cm³/mol. The van der Waals surface area contributed by atoms with Crippen LogP contribution in [0.4, 0.5) is 0 Å². The first-order valence-electron chi connectivity index (χ1n) is 8.60. The number of fused-ring (bicyclic) bond motifs is 1. The topological polar surface area (TPSA) is 109 Å². The second kappa shape index (κ2) is 6.50. The standard InChI is InChI=1S/C17H20N6O3/c1-3-23-16(24)11-5-4-10(8-12(11)19-17(23)25)15-20-14(21-26-15)13-9-18-6-7-22(13)2/h4-5,8,13,18H,3,6-7,9H2,1-2H3,(H,19,25). The molecule has 9 nitrogen and oxygen atoms in total. The van der Waals surface area contributed by atoms with Crippen molar-refractivity contribution in [1.29, 1.82) is 0 Å². The minimum atomic E-state index is -0.428. The Balaban J connectivity index is 1.74. The zero-order valence-electron chi connectivity index (χ0n) is 14.7. The third-order valence-electron chi connectivity index (χ3n) is 4.80. The molecule has 0 spiro atoms. The van der Waals surface area contributed by atoms with E-state index in [2.05, 4.69) is 25.3 Å². The lowest BCUT2D eigenvalue weighted by molar-refractivity contribution is 0.190. The molecule has 136 valence electrons. The average Bonchev–Trinajstić information content (AvgIpc) is 3.12. The molecular weight excluding hydrogens is 336 g/mol. The van der Waals surface area contributed by atoms with Gasteiger partial charge in [-0.25, -0.2) is 4.79 Å². The summed E-state index contributed by atoms with van der Waals surface area (Å²) < 4.78 is 6.58. The molecule has 1 unspecified atom stereocenters. The van der Waals surface area contributed by atoms with Crippen LogP contribution in [0.3, 0.4) is 0 Å². The second-order valence-electron chi connectivity index (χ2n) is 6.40. The van der Waals surface area contributed by atoms with E-state index in [1.54, 1.807) is 25.1 Å². The summed E-state index contributed by atoms with van der Waals surface area (Å²) in [5.41, 5.74) is 0.382. The van der Waals surface area contributed by atoms with Crippen LogP contribution >= 0.6 is 0 Å². The Kier molecular flexibility index (Phi) is 4.17. The molecule has 3 heterocycles. The Hall–Kier alpha value is -2.78. The van der Waals surface area contributed by atoms with E-state index in [1.807, 2.05) is 7.05 Å². The van der Waals surface area contributed by atoms with Crippen LogP contribution in [0.1, 0.15) is 18.8 Å². The maximum absolute atomic E-state index is 12.4. The van der Waals surface area contributed by atoms with Gasteiger partial charge in [0.2, 0.25) is 0 Å². The van der Waals surface area contributed by atoms with E-state index < -0.39 is 5.69 Å². The highest BCUT2D eigenvalue weighted by Gasteiger charge is 2.25. The molecule has 0 saturated carbocycles. The number of H-pyrrole nitrogens is 1. The van der Waals surface area contributed by atoms with Gasteiger partial charge in [0.05, 0.1) is 16.9 Å². The summed E-state index contributed by atoms with van der Waals surface area (Å²) in [4.78, 5) is 33.8. The molecule has 3 aromatic rings. The van der Waals surface area contributed by atoms with Crippen molar-refractivity contribution in [3.63, 3.8) is 0 Å². The maximum Gasteiger partial charge on any atom is 0.328 e. The molecule has 2 aromatic heterocycles. The summed E-state index contributed by atoms with van der Waals surface area (Å²) in [6.45, 7) is 4.69. The van der Waals surface area contributed by atoms with E-state index in [0.29, 0.717) is 34.7 Å². The number of likely N-dealkylation sites (N-methyl/N-ethyl adjacent to an activating group) is 1. The van der Waals surface area contributed by atoms with E-state index in [0.717, 1.165) is 19.6 Å². The molecular formula is C17H20N6O3. The van der Waals surface area contributed by atoms with E-state index in [-0.39, 0.29) is 11.6 Å². The largest absolute Gasteiger partial charge is 0.334 e. The van der Waals surface area contributed by atoms with Gasteiger partial charge >= 0.3 is 5.69 Å². The highest BCUT2D eigenvalue weighted by atomic mass is 16.5. The van der Waals surface area contributed by atoms with Crippen LogP contribution < -0.4 is 16.6 Å². The zero-order chi connectivity index (χ0) is 18.3. The molecule has 1 aromatic carbocycles. The fourth-order valence-corrected chi connectivity index (χ4v) is 3.26. The minimum absolute atomic E-state index is 0.0540. The smallest absolute Gasteiger partial charge is 0.328 e. The first-order chi connectivity index (χ1) is 12.6. The first-order valence-corrected chi connectivity index (χ1v) is 8.60. The van der Waals surface area contributed by atoms with E-state index in [4.69, 9.17) is 4.52 Å². The lowest BCUT2D eigenvalue weighted by Gasteiger charge is -2.30. The molecule has 1 saturated heterocycles. The summed E-state index contributed by atoms with van der Waals surface area (Å²) in [6, 6.07) is 5.17. The molecule has 1 atom stereocenters. The van der Waals surface area contributed by atoms with E-state index in [1.165, 1.54) is 4.57 Å². The van der Waals surface area contributed by atoms with Gasteiger partial charge in [0.1, 0.15) is 0 Å². The number of hydrogen-bond donors (Lipinski definition) is 2. The molecule has 0 bridgehead atoms. The molecule has 0 amide bonds. The summed E-state index contributed by atoms with van der Waals surface area (Å²) in [6.07, 6.45) is 0. The number of nitrogens with zero attached hydrogens (tertiary/aromatic N) is 4. The molecule has 9 heteroatoms. The maximum atomic E-state index is 12.4. The van der Waals surface area contributed by atoms with Gasteiger partial charge in [-0.3, -0.25) is 14.3 Å². The van der Waals surface area contributed by atoms with Crippen molar-refractivity contribution in [2.24, 2.45) is 0 Å². The van der Waals surface area contributed by atoms with E-state index >= 15 is 0 Å². The molecule has 1 aliphatic heterocycles. The van der Waals surface area contributed by atoms with Crippen molar-refractivity contribution in [2.45, 2.75) is 19.5 Å². The second-order valence-corrected chi connectivity index (χ2v) is 6.40. The zero-order valence-corrected chi connectivity index (χ0v) is 14.7. The highest BCUT2D eigenvalue weighted by Crippen LogP contribution is 2.24. The van der Waals surface area contributed by atoms with Gasteiger partial charge in [0.15, 0.2) is 5.82 Å². The van der Waals surface area contributed by atoms with Gasteiger partial charge in [-0.05, 0) is 32.2 Å². The number of nitrogens with one attached hydrogen (secondary N) is 2. The van der Waals surface area contributed by atoms with Crippen molar-refractivity contribution in [3.8, 4) is 11.5 Å². The Bertz CT molecular complexity index is 1070. The fraction of sp³-hybridized carbons (Fsp3) is 0.412. The molecule has 0 aliphatic carbocycles. The predicted octanol–water partition coefficient (Wildman–Crippen LogP) is 0.336. The van der Waals surface area contributed by atoms with Crippen LogP contribution in [0.25, 0.3) is 22.4 Å². The Morgan fingerprint density at radius 1 is 1.35 bits per heavy atom. The molecule has 1 fully saturated rings. The number of aromatic amines is 1. The molecule has 4 rings (SSSR count). The summed E-state index contributed by atoms with van der Waals surface area (Å²) >= 11 is 0. The van der Waals surface area contributed by atoms with Crippen molar-refractivity contribution in [1.82, 2.24) is 29.9 Å². The minimum Gasteiger partial charge on any atom is -0.334 e. The highest BCUT2D eigenvalue weighted by molar-refractivity contribution is 5.81. The lowest BCUT2D eigenvalue weighted by Crippen LogP contribution is -2.44. The van der Waals surface area contributed by atoms with Gasteiger partial charge < -0.3 is 14.8 Å². The van der Waals surface area contributed by atoms with Gasteiger partial charge in [-0.15, -0.1) is 0 Å². The number of aromatic nitrogens is 4. The van der Waals surface area contributed by atoms with Gasteiger partial charge in [-0.2, -0.15) is 4.98 Å².